The number of hydrogen-bond donors (Lipinski definition) is 0. The maximum absolute atomic E-state index is 2.50. The highest BCUT2D eigenvalue weighted by Crippen LogP contribution is 2.60. The highest BCUT2D eigenvalue weighted by Gasteiger charge is 2.33. The second-order valence-corrected chi connectivity index (χ2v) is 10.9. The largest absolute Gasteiger partial charge is 0.307 e. The molecule has 38 heavy (non-hydrogen) atoms. The number of hydrogen-bond acceptors (Lipinski definition) is 2. The monoisotopic (exact) mass is 501 g/mol. The molecule has 8 rings (SSSR count). The van der Waals surface area contributed by atoms with Crippen LogP contribution in [0.25, 0.3) is 44.5 Å². The zero-order valence-electron chi connectivity index (χ0n) is 20.6. The Kier molecular flexibility index (Phi) is 4.83. The maximum atomic E-state index is 2.50. The first-order chi connectivity index (χ1) is 18.8. The third-order valence-electron chi connectivity index (χ3n) is 7.59. The topological polar surface area (TPSA) is 3.24 Å². The van der Waals surface area contributed by atoms with Crippen molar-refractivity contribution >= 4 is 28.8 Å². The molecule has 0 radical (unpaired) electrons. The summed E-state index contributed by atoms with van der Waals surface area (Å²) in [6.07, 6.45) is 0. The van der Waals surface area contributed by atoms with Crippen LogP contribution >= 0.6 is 11.8 Å². The van der Waals surface area contributed by atoms with Crippen molar-refractivity contribution < 1.29 is 0 Å². The molecule has 0 unspecified atom stereocenters. The van der Waals surface area contributed by atoms with Crippen molar-refractivity contribution in [2.45, 2.75) is 9.79 Å². The Hall–Kier alpha value is -4.53. The van der Waals surface area contributed by atoms with Crippen molar-refractivity contribution in [3.05, 3.63) is 140 Å². The molecule has 2 heterocycles. The molecule has 2 aliphatic rings. The van der Waals surface area contributed by atoms with E-state index in [0.717, 1.165) is 0 Å². The minimum Gasteiger partial charge on any atom is -0.307 e. The molecule has 2 aliphatic heterocycles. The number of para-hydroxylation sites is 1. The molecule has 178 valence electrons. The summed E-state index contributed by atoms with van der Waals surface area (Å²) in [5.41, 5.74) is 13.8. The Labute approximate surface area is 227 Å². The molecule has 2 heteroatoms. The first-order valence-electron chi connectivity index (χ1n) is 12.9. The van der Waals surface area contributed by atoms with Gasteiger partial charge < -0.3 is 4.90 Å². The van der Waals surface area contributed by atoms with Crippen LogP contribution in [0, 0.1) is 0 Å². The molecule has 0 bridgehead atoms. The second kappa shape index (κ2) is 8.51. The summed E-state index contributed by atoms with van der Waals surface area (Å²) >= 11 is 1.88. The van der Waals surface area contributed by atoms with Gasteiger partial charge in [-0.15, -0.1) is 0 Å². The van der Waals surface area contributed by atoms with Crippen LogP contribution in [0.4, 0.5) is 17.1 Å². The van der Waals surface area contributed by atoms with Crippen LogP contribution in [-0.4, -0.2) is 0 Å². The van der Waals surface area contributed by atoms with Gasteiger partial charge in [0.1, 0.15) is 0 Å². The molecule has 0 N–H and O–H groups in total. The lowest BCUT2D eigenvalue weighted by molar-refractivity contribution is 1.17. The average molecular weight is 502 g/mol. The van der Waals surface area contributed by atoms with Crippen molar-refractivity contribution in [3.63, 3.8) is 0 Å². The van der Waals surface area contributed by atoms with Gasteiger partial charge in [-0.3, -0.25) is 0 Å². The molecular weight excluding hydrogens is 478 g/mol. The van der Waals surface area contributed by atoms with Gasteiger partial charge in [-0.05, 0) is 63.7 Å². The van der Waals surface area contributed by atoms with Crippen LogP contribution in [0.15, 0.2) is 149 Å². The lowest BCUT2D eigenvalue weighted by Crippen LogP contribution is -2.16. The molecule has 0 atom stereocenters. The predicted molar refractivity (Wildman–Crippen MR) is 161 cm³/mol. The molecular formula is C36H23NS. The zero-order valence-corrected chi connectivity index (χ0v) is 21.5. The Balaban J connectivity index is 1.45. The van der Waals surface area contributed by atoms with Gasteiger partial charge in [0, 0.05) is 20.9 Å². The Morgan fingerprint density at radius 2 is 0.947 bits per heavy atom. The van der Waals surface area contributed by atoms with Gasteiger partial charge >= 0.3 is 0 Å². The van der Waals surface area contributed by atoms with Crippen LogP contribution < -0.4 is 4.90 Å². The first-order valence-corrected chi connectivity index (χ1v) is 13.8. The van der Waals surface area contributed by atoms with Crippen molar-refractivity contribution in [3.8, 4) is 44.5 Å². The van der Waals surface area contributed by atoms with Crippen molar-refractivity contribution in [2.75, 3.05) is 4.90 Å². The third-order valence-corrected chi connectivity index (χ3v) is 8.66. The van der Waals surface area contributed by atoms with E-state index in [9.17, 15) is 0 Å². The third kappa shape index (κ3) is 3.27. The Morgan fingerprint density at radius 1 is 0.368 bits per heavy atom. The van der Waals surface area contributed by atoms with Crippen molar-refractivity contribution in [1.82, 2.24) is 0 Å². The summed E-state index contributed by atoms with van der Waals surface area (Å²) in [5, 5.41) is 0. The fraction of sp³-hybridized carbons (Fsp3) is 0. The number of anilines is 3. The van der Waals surface area contributed by atoms with Crippen LogP contribution in [0.3, 0.4) is 0 Å². The van der Waals surface area contributed by atoms with Crippen LogP contribution in [-0.2, 0) is 0 Å². The van der Waals surface area contributed by atoms with E-state index in [1.807, 2.05) is 11.8 Å². The average Bonchev–Trinajstić information content (AvgIpc) is 3.12. The molecule has 0 spiro atoms. The number of benzene rings is 6. The molecule has 6 aromatic carbocycles. The lowest BCUT2D eigenvalue weighted by atomic mass is 9.92. The minimum absolute atomic E-state index is 1.22. The van der Waals surface area contributed by atoms with E-state index in [2.05, 4.69) is 144 Å². The fourth-order valence-electron chi connectivity index (χ4n) is 5.85. The van der Waals surface area contributed by atoms with E-state index in [0.29, 0.717) is 0 Å². The highest BCUT2D eigenvalue weighted by atomic mass is 32.2. The lowest BCUT2D eigenvalue weighted by Gasteiger charge is -2.35. The summed E-state index contributed by atoms with van der Waals surface area (Å²) < 4.78 is 0. The maximum Gasteiger partial charge on any atom is 0.0680 e. The van der Waals surface area contributed by atoms with Gasteiger partial charge in [-0.25, -0.2) is 0 Å². The van der Waals surface area contributed by atoms with E-state index in [-0.39, 0.29) is 0 Å². The van der Waals surface area contributed by atoms with Crippen LogP contribution in [0.5, 0.6) is 0 Å². The normalized spacial score (nSPS) is 12.6. The van der Waals surface area contributed by atoms with Crippen LogP contribution in [0.1, 0.15) is 0 Å². The standard InChI is InChI=1S/C36H23NS/c1-3-11-24(12-4-1)26-19-20-33-34(22-26)38-35-23-27(25-13-5-2-6-14-25)21-31-29-16-8-7-15-28(29)30-17-9-10-18-32(30)37(33)36(31)35/h1-23H. The van der Waals surface area contributed by atoms with Gasteiger partial charge in [0.25, 0.3) is 0 Å². The molecule has 0 amide bonds. The summed E-state index contributed by atoms with van der Waals surface area (Å²) in [6, 6.07) is 50.8. The molecule has 1 nitrogen and oxygen atoms in total. The summed E-state index contributed by atoms with van der Waals surface area (Å²) in [5.74, 6) is 0. The van der Waals surface area contributed by atoms with Gasteiger partial charge in [0.2, 0.25) is 0 Å². The molecule has 0 fully saturated rings. The van der Waals surface area contributed by atoms with Gasteiger partial charge in [-0.1, -0.05) is 121 Å². The summed E-state index contributed by atoms with van der Waals surface area (Å²) in [6.45, 7) is 0. The van der Waals surface area contributed by atoms with E-state index in [1.165, 1.54) is 71.4 Å². The second-order valence-electron chi connectivity index (χ2n) is 9.79. The quantitative estimate of drug-likeness (QED) is 0.232. The smallest absolute Gasteiger partial charge is 0.0680 e. The predicted octanol–water partition coefficient (Wildman–Crippen LogP) is 10.6. The zero-order chi connectivity index (χ0) is 25.1. The number of fused-ring (bicyclic) bond motifs is 7. The first kappa shape index (κ1) is 21.5. The minimum atomic E-state index is 1.22. The van der Waals surface area contributed by atoms with E-state index < -0.39 is 0 Å². The SMILES string of the molecule is c1ccc(-c2ccc3c(c2)Sc2cc(-c4ccccc4)cc4c2N3c2ccccc2-c2ccccc2-4)cc1. The van der Waals surface area contributed by atoms with Crippen molar-refractivity contribution in [1.29, 1.82) is 0 Å². The Morgan fingerprint density at radius 3 is 1.68 bits per heavy atom. The highest BCUT2D eigenvalue weighted by molar-refractivity contribution is 7.99. The Bertz CT molecular complexity index is 1840. The molecule has 0 aromatic heterocycles. The number of rotatable bonds is 2. The van der Waals surface area contributed by atoms with E-state index in [1.54, 1.807) is 0 Å². The summed E-state index contributed by atoms with van der Waals surface area (Å²) in [4.78, 5) is 5.05. The molecule has 0 saturated heterocycles. The van der Waals surface area contributed by atoms with Gasteiger partial charge in [0.05, 0.1) is 17.1 Å². The van der Waals surface area contributed by atoms with Crippen LogP contribution in [0.2, 0.25) is 0 Å². The van der Waals surface area contributed by atoms with Crippen molar-refractivity contribution in [2.24, 2.45) is 0 Å². The molecule has 6 aromatic rings. The number of nitrogens with zero attached hydrogens (tertiary/aromatic N) is 1. The molecule has 0 saturated carbocycles. The van der Waals surface area contributed by atoms with E-state index >= 15 is 0 Å². The fourth-order valence-corrected chi connectivity index (χ4v) is 7.02. The summed E-state index contributed by atoms with van der Waals surface area (Å²) in [7, 11) is 0. The van der Waals surface area contributed by atoms with E-state index in [4.69, 9.17) is 0 Å². The van der Waals surface area contributed by atoms with Gasteiger partial charge in [0.15, 0.2) is 0 Å². The van der Waals surface area contributed by atoms with Gasteiger partial charge in [-0.2, -0.15) is 0 Å². The molecule has 0 aliphatic carbocycles.